The topological polar surface area (TPSA) is 44.8 Å². The molecule has 0 saturated carbocycles. The molecule has 1 aromatic carbocycles. The first kappa shape index (κ1) is 20.5. The van der Waals surface area contributed by atoms with Gasteiger partial charge >= 0.3 is 12.1 Å². The number of methoxy groups -OCH3 is 1. The first-order valence-corrected chi connectivity index (χ1v) is 8.23. The zero-order chi connectivity index (χ0) is 19.9. The fourth-order valence-electron chi connectivity index (χ4n) is 3.45. The summed E-state index contributed by atoms with van der Waals surface area (Å²) in [6.07, 6.45) is -6.18. The van der Waals surface area contributed by atoms with E-state index in [2.05, 4.69) is 0 Å². The summed E-state index contributed by atoms with van der Waals surface area (Å²) in [6.45, 7) is 5.28. The van der Waals surface area contributed by atoms with Crippen LogP contribution in [0.25, 0.3) is 0 Å². The van der Waals surface area contributed by atoms with Gasteiger partial charge in [0, 0.05) is 23.0 Å². The van der Waals surface area contributed by atoms with E-state index in [9.17, 15) is 22.4 Å². The third-order valence-electron chi connectivity index (χ3n) is 5.12. The Morgan fingerprint density at radius 2 is 1.96 bits per heavy atom. The summed E-state index contributed by atoms with van der Waals surface area (Å²) in [5.41, 5.74) is -2.12. The molecule has 1 aliphatic heterocycles. The van der Waals surface area contributed by atoms with E-state index in [0.29, 0.717) is 0 Å². The van der Waals surface area contributed by atoms with Gasteiger partial charge in [-0.2, -0.15) is 13.2 Å². The van der Waals surface area contributed by atoms with Gasteiger partial charge in [-0.1, -0.05) is 13.0 Å². The predicted molar refractivity (Wildman–Crippen MR) is 85.6 cm³/mol. The molecule has 0 amide bonds. The molecule has 26 heavy (non-hydrogen) atoms. The molecule has 1 heterocycles. The second kappa shape index (κ2) is 7.06. The number of halogens is 4. The van der Waals surface area contributed by atoms with Crippen molar-refractivity contribution in [3.8, 4) is 5.75 Å². The van der Waals surface area contributed by atoms with Gasteiger partial charge in [-0.05, 0) is 26.8 Å². The first-order valence-electron chi connectivity index (χ1n) is 8.23. The number of ether oxygens (including phenoxy) is 3. The van der Waals surface area contributed by atoms with Crippen molar-refractivity contribution in [1.29, 1.82) is 0 Å². The highest BCUT2D eigenvalue weighted by Gasteiger charge is 2.66. The van der Waals surface area contributed by atoms with Crippen molar-refractivity contribution in [3.63, 3.8) is 0 Å². The molecule has 146 valence electrons. The molecule has 4 nitrogen and oxygen atoms in total. The molecule has 2 rings (SSSR count). The molecule has 1 fully saturated rings. The van der Waals surface area contributed by atoms with Crippen LogP contribution in [0.15, 0.2) is 12.1 Å². The average molecular weight is 378 g/mol. The van der Waals surface area contributed by atoms with Crippen molar-refractivity contribution in [1.82, 2.24) is 0 Å². The third kappa shape index (κ3) is 3.15. The van der Waals surface area contributed by atoms with Crippen LogP contribution in [-0.4, -0.2) is 37.6 Å². The lowest BCUT2D eigenvalue weighted by Crippen LogP contribution is -2.47. The van der Waals surface area contributed by atoms with Gasteiger partial charge in [0.1, 0.15) is 11.6 Å². The molecule has 1 aromatic rings. The molecule has 0 aliphatic carbocycles. The van der Waals surface area contributed by atoms with Gasteiger partial charge in [0.15, 0.2) is 11.7 Å². The minimum atomic E-state index is -4.70. The molecule has 0 bridgehead atoms. The summed E-state index contributed by atoms with van der Waals surface area (Å²) >= 11 is 0. The third-order valence-corrected chi connectivity index (χ3v) is 5.12. The molecule has 0 spiro atoms. The van der Waals surface area contributed by atoms with E-state index in [1.807, 2.05) is 0 Å². The lowest BCUT2D eigenvalue weighted by atomic mass is 9.76. The lowest BCUT2D eigenvalue weighted by Gasteiger charge is -2.32. The second-order valence-electron chi connectivity index (χ2n) is 6.50. The smallest absolute Gasteiger partial charge is 0.417 e. The van der Waals surface area contributed by atoms with Crippen molar-refractivity contribution in [3.05, 3.63) is 29.1 Å². The molecule has 0 aromatic heterocycles. The average Bonchev–Trinajstić information content (AvgIpc) is 2.83. The van der Waals surface area contributed by atoms with E-state index in [0.717, 1.165) is 13.0 Å². The van der Waals surface area contributed by atoms with E-state index in [1.54, 1.807) is 6.92 Å². The van der Waals surface area contributed by atoms with Gasteiger partial charge in [0.2, 0.25) is 0 Å². The van der Waals surface area contributed by atoms with E-state index < -0.39 is 41.5 Å². The predicted octanol–water partition coefficient (Wildman–Crippen LogP) is 4.15. The van der Waals surface area contributed by atoms with Crippen molar-refractivity contribution in [2.45, 2.75) is 51.5 Å². The van der Waals surface area contributed by atoms with E-state index in [4.69, 9.17) is 14.2 Å². The molecule has 1 saturated heterocycles. The van der Waals surface area contributed by atoms with Crippen molar-refractivity contribution >= 4 is 5.97 Å². The normalized spacial score (nSPS) is 28.9. The van der Waals surface area contributed by atoms with E-state index >= 15 is 0 Å². The Morgan fingerprint density at radius 3 is 2.46 bits per heavy atom. The Kier molecular flexibility index (Phi) is 5.56. The van der Waals surface area contributed by atoms with Crippen molar-refractivity contribution in [2.24, 2.45) is 5.92 Å². The highest BCUT2D eigenvalue weighted by Crippen LogP contribution is 2.55. The van der Waals surface area contributed by atoms with Crippen LogP contribution in [-0.2, 0) is 14.3 Å². The monoisotopic (exact) mass is 378 g/mol. The highest BCUT2D eigenvalue weighted by molar-refractivity contribution is 5.77. The van der Waals surface area contributed by atoms with Crippen molar-refractivity contribution in [2.75, 3.05) is 13.7 Å². The van der Waals surface area contributed by atoms with Gasteiger partial charge in [0.05, 0.1) is 13.7 Å². The molecule has 0 radical (unpaired) electrons. The first-order chi connectivity index (χ1) is 12.0. The number of rotatable bonds is 4. The lowest BCUT2D eigenvalue weighted by molar-refractivity contribution is -0.274. The maximum absolute atomic E-state index is 13.9. The summed E-state index contributed by atoms with van der Waals surface area (Å²) in [6, 6.07) is 2.48. The van der Waals surface area contributed by atoms with Crippen LogP contribution >= 0.6 is 0 Å². The number of alkyl halides is 3. The Hall–Kier alpha value is -1.83. The second-order valence-corrected chi connectivity index (χ2v) is 6.50. The van der Waals surface area contributed by atoms with Crippen LogP contribution in [0.5, 0.6) is 5.75 Å². The molecular formula is C18H22F4O4. The summed E-state index contributed by atoms with van der Waals surface area (Å²) in [5.74, 6) is -3.47. The standard InChI is InChI=1S/C18H22F4O4/c1-6-25-16(23)15-13(10(3)17(4,26-15)18(20,21)22)11-7-8-12(19)9(2)14(11)24-5/h7-8,10,13,15H,6H2,1-5H3. The molecule has 4 unspecified atom stereocenters. The summed E-state index contributed by atoms with van der Waals surface area (Å²) in [4.78, 5) is 12.3. The number of hydrogen-bond acceptors (Lipinski definition) is 4. The molecule has 1 aliphatic rings. The molecule has 4 atom stereocenters. The van der Waals surface area contributed by atoms with E-state index in [1.165, 1.54) is 27.0 Å². The van der Waals surface area contributed by atoms with Gasteiger partial charge < -0.3 is 14.2 Å². The fourth-order valence-corrected chi connectivity index (χ4v) is 3.45. The largest absolute Gasteiger partial charge is 0.496 e. The van der Waals surface area contributed by atoms with E-state index in [-0.39, 0.29) is 23.5 Å². The quantitative estimate of drug-likeness (QED) is 0.583. The van der Waals surface area contributed by atoms with Crippen LogP contribution in [0, 0.1) is 18.7 Å². The molecule has 8 heteroatoms. The zero-order valence-corrected chi connectivity index (χ0v) is 15.2. The van der Waals surface area contributed by atoms with Gasteiger partial charge in [-0.15, -0.1) is 0 Å². The Bertz CT molecular complexity index is 689. The Balaban J connectivity index is 2.63. The highest BCUT2D eigenvalue weighted by atomic mass is 19.4. The summed E-state index contributed by atoms with van der Waals surface area (Å²) < 4.78 is 70.2. The van der Waals surface area contributed by atoms with Crippen molar-refractivity contribution < 1.29 is 36.6 Å². The van der Waals surface area contributed by atoms with Crippen LogP contribution in [0.2, 0.25) is 0 Å². The van der Waals surface area contributed by atoms with Crippen LogP contribution in [0.1, 0.15) is 37.8 Å². The fraction of sp³-hybridized carbons (Fsp3) is 0.611. The van der Waals surface area contributed by atoms with Crippen LogP contribution < -0.4 is 4.74 Å². The van der Waals surface area contributed by atoms with Crippen LogP contribution in [0.3, 0.4) is 0 Å². The minimum absolute atomic E-state index is 0.00209. The van der Waals surface area contributed by atoms with Gasteiger partial charge in [-0.3, -0.25) is 0 Å². The van der Waals surface area contributed by atoms with Gasteiger partial charge in [-0.25, -0.2) is 9.18 Å². The maximum atomic E-state index is 13.9. The number of benzene rings is 1. The zero-order valence-electron chi connectivity index (χ0n) is 15.2. The van der Waals surface area contributed by atoms with Crippen LogP contribution in [0.4, 0.5) is 17.6 Å². The molecule has 0 N–H and O–H groups in total. The Labute approximate surface area is 149 Å². The van der Waals surface area contributed by atoms with Gasteiger partial charge in [0.25, 0.3) is 0 Å². The number of carbonyl (C=O) groups excluding carboxylic acids is 1. The number of carbonyl (C=O) groups is 1. The number of hydrogen-bond donors (Lipinski definition) is 0. The molecular weight excluding hydrogens is 356 g/mol. The number of esters is 1. The maximum Gasteiger partial charge on any atom is 0.417 e. The Morgan fingerprint density at radius 1 is 1.35 bits per heavy atom. The minimum Gasteiger partial charge on any atom is -0.496 e. The summed E-state index contributed by atoms with van der Waals surface area (Å²) in [5, 5.41) is 0. The summed E-state index contributed by atoms with van der Waals surface area (Å²) in [7, 11) is 1.30. The SMILES string of the molecule is CCOC(=O)C1OC(C)(C(F)(F)F)C(C)C1c1ccc(F)c(C)c1OC.